The van der Waals surface area contributed by atoms with Crippen molar-refractivity contribution < 1.29 is 14.3 Å². The zero-order valence-corrected chi connectivity index (χ0v) is 14.0. The molecule has 0 aliphatic carbocycles. The number of nitrogens with zero attached hydrogens (tertiary/aromatic N) is 1. The predicted molar refractivity (Wildman–Crippen MR) is 93.7 cm³/mol. The van der Waals surface area contributed by atoms with Gasteiger partial charge in [-0.05, 0) is 51.1 Å². The lowest BCUT2D eigenvalue weighted by Gasteiger charge is -2.32. The highest BCUT2D eigenvalue weighted by atomic mass is 16.5. The minimum atomic E-state index is -0.186. The van der Waals surface area contributed by atoms with Crippen LogP contribution in [0.3, 0.4) is 0 Å². The third-order valence-corrected chi connectivity index (χ3v) is 3.93. The summed E-state index contributed by atoms with van der Waals surface area (Å²) in [6.45, 7) is 5.91. The summed E-state index contributed by atoms with van der Waals surface area (Å²) in [6, 6.07) is 12.7. The minimum Gasteiger partial charge on any atom is -0.482 e. The van der Waals surface area contributed by atoms with Crippen molar-refractivity contribution in [1.82, 2.24) is 0 Å². The van der Waals surface area contributed by atoms with Crippen molar-refractivity contribution in [1.29, 1.82) is 0 Å². The molecule has 0 aromatic heterocycles. The molecule has 5 nitrogen and oxygen atoms in total. The van der Waals surface area contributed by atoms with E-state index in [1.54, 1.807) is 35.2 Å². The number of aryl methyl sites for hydroxylation is 1. The van der Waals surface area contributed by atoms with E-state index in [0.717, 1.165) is 5.56 Å². The molecule has 0 spiro atoms. The van der Waals surface area contributed by atoms with Crippen LogP contribution in [-0.4, -0.2) is 24.5 Å². The predicted octanol–water partition coefficient (Wildman–Crippen LogP) is 3.38. The number of hydrogen-bond donors (Lipinski definition) is 1. The molecule has 0 bridgehead atoms. The van der Waals surface area contributed by atoms with Crippen molar-refractivity contribution in [2.24, 2.45) is 0 Å². The van der Waals surface area contributed by atoms with E-state index in [0.29, 0.717) is 22.7 Å². The molecule has 0 radical (unpaired) electrons. The van der Waals surface area contributed by atoms with E-state index in [2.05, 4.69) is 5.32 Å². The maximum atomic E-state index is 12.4. The first kappa shape index (κ1) is 16.1. The Morgan fingerprint density at radius 3 is 2.54 bits per heavy atom. The number of rotatable bonds is 3. The molecule has 2 aromatic rings. The summed E-state index contributed by atoms with van der Waals surface area (Å²) in [4.78, 5) is 26.1. The van der Waals surface area contributed by atoms with E-state index in [9.17, 15) is 9.59 Å². The second-order valence-electron chi connectivity index (χ2n) is 6.15. The molecule has 1 heterocycles. The molecule has 0 atom stereocenters. The van der Waals surface area contributed by atoms with Crippen LogP contribution in [0.1, 0.15) is 29.8 Å². The summed E-state index contributed by atoms with van der Waals surface area (Å²) in [7, 11) is 0. The fourth-order valence-corrected chi connectivity index (χ4v) is 2.72. The third-order valence-electron chi connectivity index (χ3n) is 3.93. The van der Waals surface area contributed by atoms with Gasteiger partial charge >= 0.3 is 0 Å². The van der Waals surface area contributed by atoms with Gasteiger partial charge in [0, 0.05) is 17.3 Å². The lowest BCUT2D eigenvalue weighted by atomic mass is 10.1. The van der Waals surface area contributed by atoms with Crippen molar-refractivity contribution in [2.75, 3.05) is 16.8 Å². The quantitative estimate of drug-likeness (QED) is 0.941. The van der Waals surface area contributed by atoms with Gasteiger partial charge in [0.05, 0.1) is 5.69 Å². The van der Waals surface area contributed by atoms with Gasteiger partial charge in [0.25, 0.3) is 11.8 Å². The Labute approximate surface area is 141 Å². The third kappa shape index (κ3) is 3.11. The number of benzene rings is 2. The van der Waals surface area contributed by atoms with E-state index < -0.39 is 0 Å². The molecule has 1 aliphatic rings. The molecule has 1 N–H and O–H groups in total. The van der Waals surface area contributed by atoms with Crippen LogP contribution in [0.5, 0.6) is 5.75 Å². The van der Waals surface area contributed by atoms with Crippen LogP contribution in [0.2, 0.25) is 0 Å². The Hall–Kier alpha value is -2.82. The maximum absolute atomic E-state index is 12.4. The summed E-state index contributed by atoms with van der Waals surface area (Å²) in [5, 5.41) is 2.87. The largest absolute Gasteiger partial charge is 0.482 e. The number of hydrogen-bond acceptors (Lipinski definition) is 3. The average molecular weight is 324 g/mol. The minimum absolute atomic E-state index is 0.0169. The molecule has 2 aromatic carbocycles. The van der Waals surface area contributed by atoms with E-state index in [4.69, 9.17) is 4.74 Å². The highest BCUT2D eigenvalue weighted by Crippen LogP contribution is 2.35. The van der Waals surface area contributed by atoms with Crippen molar-refractivity contribution in [3.63, 3.8) is 0 Å². The van der Waals surface area contributed by atoms with Gasteiger partial charge in [-0.3, -0.25) is 9.59 Å². The first-order valence-electron chi connectivity index (χ1n) is 7.92. The van der Waals surface area contributed by atoms with Crippen LogP contribution < -0.4 is 15.0 Å². The van der Waals surface area contributed by atoms with Crippen LogP contribution in [0, 0.1) is 6.92 Å². The van der Waals surface area contributed by atoms with E-state index >= 15 is 0 Å². The molecule has 5 heteroatoms. The zero-order valence-electron chi connectivity index (χ0n) is 14.0. The molecule has 1 aliphatic heterocycles. The van der Waals surface area contributed by atoms with Gasteiger partial charge in [-0.25, -0.2) is 0 Å². The number of amides is 2. The number of carbonyl (C=O) groups excluding carboxylic acids is 2. The Balaban J connectivity index is 1.86. The summed E-state index contributed by atoms with van der Waals surface area (Å²) in [5.41, 5.74) is 3.00. The maximum Gasteiger partial charge on any atom is 0.265 e. The monoisotopic (exact) mass is 324 g/mol. The smallest absolute Gasteiger partial charge is 0.265 e. The molecule has 24 heavy (non-hydrogen) atoms. The van der Waals surface area contributed by atoms with Gasteiger partial charge in [0.1, 0.15) is 5.75 Å². The van der Waals surface area contributed by atoms with Crippen molar-refractivity contribution in [3.05, 3.63) is 53.6 Å². The second kappa shape index (κ2) is 6.35. The number of ether oxygens (including phenoxy) is 1. The number of nitrogens with one attached hydrogen (secondary N) is 1. The van der Waals surface area contributed by atoms with Crippen LogP contribution >= 0.6 is 0 Å². The lowest BCUT2D eigenvalue weighted by molar-refractivity contribution is -0.121. The molecule has 124 valence electrons. The Bertz CT molecular complexity index is 782. The number of carbonyl (C=O) groups is 2. The molecule has 0 saturated heterocycles. The highest BCUT2D eigenvalue weighted by Gasteiger charge is 2.28. The summed E-state index contributed by atoms with van der Waals surface area (Å²) in [5.74, 6) is 0.380. The fourth-order valence-electron chi connectivity index (χ4n) is 2.72. The summed E-state index contributed by atoms with van der Waals surface area (Å²) >= 11 is 0. The number of anilines is 2. The van der Waals surface area contributed by atoms with Crippen molar-refractivity contribution in [3.8, 4) is 5.75 Å². The van der Waals surface area contributed by atoms with Crippen LogP contribution in [0.25, 0.3) is 0 Å². The van der Waals surface area contributed by atoms with Gasteiger partial charge in [0.2, 0.25) is 0 Å². The molecule has 2 amide bonds. The van der Waals surface area contributed by atoms with E-state index in [1.807, 2.05) is 32.9 Å². The standard InChI is InChI=1S/C19H20N2O3/c1-12(2)21-16-10-15(8-9-17(16)24-11-18(21)22)20-19(23)14-6-4-13(3)5-7-14/h4-10,12H,11H2,1-3H3,(H,20,23). The Morgan fingerprint density at radius 2 is 1.88 bits per heavy atom. The lowest BCUT2D eigenvalue weighted by Crippen LogP contribution is -2.43. The fraction of sp³-hybridized carbons (Fsp3) is 0.263. The number of fused-ring (bicyclic) bond motifs is 1. The summed E-state index contributed by atoms with van der Waals surface area (Å²) in [6.07, 6.45) is 0. The first-order chi connectivity index (χ1) is 11.5. The summed E-state index contributed by atoms with van der Waals surface area (Å²) < 4.78 is 5.47. The SMILES string of the molecule is Cc1ccc(C(=O)Nc2ccc3c(c2)N(C(C)C)C(=O)CO3)cc1. The molecule has 3 rings (SSSR count). The second-order valence-corrected chi connectivity index (χ2v) is 6.15. The zero-order chi connectivity index (χ0) is 17.3. The van der Waals surface area contributed by atoms with Crippen LogP contribution in [-0.2, 0) is 4.79 Å². The molecule has 0 unspecified atom stereocenters. The van der Waals surface area contributed by atoms with Gasteiger partial charge in [0.15, 0.2) is 6.61 Å². The molecule has 0 fully saturated rings. The normalized spacial score (nSPS) is 13.5. The average Bonchev–Trinajstić information content (AvgIpc) is 2.54. The van der Waals surface area contributed by atoms with Gasteiger partial charge in [-0.1, -0.05) is 17.7 Å². The highest BCUT2D eigenvalue weighted by molar-refractivity contribution is 6.05. The van der Waals surface area contributed by atoms with Crippen molar-refractivity contribution >= 4 is 23.2 Å². The Morgan fingerprint density at radius 1 is 1.17 bits per heavy atom. The molecule has 0 saturated carbocycles. The van der Waals surface area contributed by atoms with Gasteiger partial charge in [-0.15, -0.1) is 0 Å². The Kier molecular flexibility index (Phi) is 4.25. The van der Waals surface area contributed by atoms with Gasteiger partial charge < -0.3 is 15.0 Å². The van der Waals surface area contributed by atoms with E-state index in [1.165, 1.54) is 0 Å². The van der Waals surface area contributed by atoms with Gasteiger partial charge in [-0.2, -0.15) is 0 Å². The van der Waals surface area contributed by atoms with E-state index in [-0.39, 0.29) is 24.5 Å². The molecular weight excluding hydrogens is 304 g/mol. The topological polar surface area (TPSA) is 58.6 Å². The van der Waals surface area contributed by atoms with Crippen LogP contribution in [0.15, 0.2) is 42.5 Å². The first-order valence-corrected chi connectivity index (χ1v) is 7.92. The van der Waals surface area contributed by atoms with Crippen LogP contribution in [0.4, 0.5) is 11.4 Å². The molecular formula is C19H20N2O3. The van der Waals surface area contributed by atoms with Crippen molar-refractivity contribution in [2.45, 2.75) is 26.8 Å².